The number of ether oxygens (including phenoxy) is 1. The van der Waals surface area contributed by atoms with Gasteiger partial charge in [-0.25, -0.2) is 0 Å². The van der Waals surface area contributed by atoms with Gasteiger partial charge in [0.05, 0.1) is 18.5 Å². The van der Waals surface area contributed by atoms with Gasteiger partial charge in [-0.2, -0.15) is 0 Å². The van der Waals surface area contributed by atoms with Crippen molar-refractivity contribution >= 4 is 23.4 Å². The van der Waals surface area contributed by atoms with Crippen molar-refractivity contribution in [2.75, 3.05) is 46.0 Å². The Kier molecular flexibility index (Phi) is 5.99. The first-order valence-electron chi connectivity index (χ1n) is 9.95. The van der Waals surface area contributed by atoms with Gasteiger partial charge in [0.1, 0.15) is 12.4 Å². The van der Waals surface area contributed by atoms with E-state index in [0.29, 0.717) is 31.1 Å². The van der Waals surface area contributed by atoms with Crippen LogP contribution >= 0.6 is 11.6 Å². The Balaban J connectivity index is 1.20. The molecule has 1 aromatic carbocycles. The SMILES string of the molecule is O=C1[C@@H]2CC=CC[C@H]2C(=O)N1CN1CCN(CCOc2ccc(Cl)cc2)CC1. The fraction of sp³-hybridized carbons (Fsp3) is 0.524. The molecule has 4 rings (SSSR count). The number of rotatable bonds is 6. The molecule has 6 nitrogen and oxygen atoms in total. The van der Waals surface area contributed by atoms with Crippen LogP contribution in [-0.2, 0) is 9.59 Å². The average Bonchev–Trinajstić information content (AvgIpc) is 2.96. The van der Waals surface area contributed by atoms with Gasteiger partial charge in [-0.05, 0) is 37.1 Å². The van der Waals surface area contributed by atoms with E-state index in [1.165, 1.54) is 4.90 Å². The molecular weight excluding hydrogens is 378 g/mol. The van der Waals surface area contributed by atoms with Crippen LogP contribution in [0, 0.1) is 11.8 Å². The van der Waals surface area contributed by atoms with E-state index in [1.807, 2.05) is 36.4 Å². The van der Waals surface area contributed by atoms with Gasteiger partial charge in [-0.3, -0.25) is 24.3 Å². The number of hydrogen-bond donors (Lipinski definition) is 0. The molecule has 2 amide bonds. The van der Waals surface area contributed by atoms with Crippen molar-refractivity contribution in [2.45, 2.75) is 12.8 Å². The van der Waals surface area contributed by atoms with E-state index in [2.05, 4.69) is 9.80 Å². The average molecular weight is 404 g/mol. The summed E-state index contributed by atoms with van der Waals surface area (Å²) in [5.41, 5.74) is 0. The largest absolute Gasteiger partial charge is 0.492 e. The van der Waals surface area contributed by atoms with E-state index in [1.54, 1.807) is 0 Å². The number of imide groups is 1. The fourth-order valence-electron chi connectivity index (χ4n) is 4.19. The first-order valence-corrected chi connectivity index (χ1v) is 10.3. The quantitative estimate of drug-likeness (QED) is 0.538. The first kappa shape index (κ1) is 19.4. The lowest BCUT2D eigenvalue weighted by atomic mass is 9.85. The molecule has 0 saturated carbocycles. The Bertz CT molecular complexity index is 718. The topological polar surface area (TPSA) is 53.1 Å². The zero-order chi connectivity index (χ0) is 19.5. The number of likely N-dealkylation sites (tertiary alicyclic amines) is 1. The van der Waals surface area contributed by atoms with Crippen molar-refractivity contribution in [2.24, 2.45) is 11.8 Å². The van der Waals surface area contributed by atoms with Crippen molar-refractivity contribution in [3.05, 3.63) is 41.4 Å². The third kappa shape index (κ3) is 4.24. The van der Waals surface area contributed by atoms with Gasteiger partial charge in [-0.1, -0.05) is 23.8 Å². The highest BCUT2D eigenvalue weighted by atomic mass is 35.5. The van der Waals surface area contributed by atoms with Crippen molar-refractivity contribution < 1.29 is 14.3 Å². The molecule has 2 heterocycles. The van der Waals surface area contributed by atoms with E-state index in [9.17, 15) is 9.59 Å². The van der Waals surface area contributed by atoms with Gasteiger partial charge in [0, 0.05) is 37.7 Å². The van der Waals surface area contributed by atoms with Crippen LogP contribution in [0.25, 0.3) is 0 Å². The zero-order valence-corrected chi connectivity index (χ0v) is 16.7. The molecule has 150 valence electrons. The maximum Gasteiger partial charge on any atom is 0.234 e. The standard InChI is InChI=1S/C21H26ClN3O3/c22-16-5-7-17(8-6-16)28-14-13-23-9-11-24(12-10-23)15-25-20(26)18-3-1-2-4-19(18)21(25)27/h1-2,5-8,18-19H,3-4,9-15H2/t18-,19-/m1/s1. The zero-order valence-electron chi connectivity index (χ0n) is 15.9. The number of halogens is 1. The smallest absolute Gasteiger partial charge is 0.234 e. The maximum absolute atomic E-state index is 12.6. The predicted octanol–water partition coefficient (Wildman–Crippen LogP) is 2.25. The summed E-state index contributed by atoms with van der Waals surface area (Å²) in [5, 5.41) is 0.703. The highest BCUT2D eigenvalue weighted by Crippen LogP contribution is 2.35. The Morgan fingerprint density at radius 2 is 1.46 bits per heavy atom. The minimum Gasteiger partial charge on any atom is -0.492 e. The summed E-state index contributed by atoms with van der Waals surface area (Å²) in [4.78, 5) is 31.2. The van der Waals surface area contributed by atoms with Gasteiger partial charge >= 0.3 is 0 Å². The predicted molar refractivity (Wildman–Crippen MR) is 107 cm³/mol. The van der Waals surface area contributed by atoms with E-state index in [4.69, 9.17) is 16.3 Å². The number of carbonyl (C=O) groups excluding carboxylic acids is 2. The highest BCUT2D eigenvalue weighted by Gasteiger charge is 2.47. The Labute approximate surface area is 170 Å². The molecule has 3 aliphatic rings. The van der Waals surface area contributed by atoms with Crippen molar-refractivity contribution in [3.8, 4) is 5.75 Å². The van der Waals surface area contributed by atoms with E-state index >= 15 is 0 Å². The van der Waals surface area contributed by atoms with E-state index < -0.39 is 0 Å². The maximum atomic E-state index is 12.6. The summed E-state index contributed by atoms with van der Waals surface area (Å²) in [6, 6.07) is 7.39. The number of allylic oxidation sites excluding steroid dienone is 2. The van der Waals surface area contributed by atoms with Gasteiger partial charge in [0.2, 0.25) is 11.8 Å². The summed E-state index contributed by atoms with van der Waals surface area (Å²) >= 11 is 5.88. The number of piperazine rings is 1. The molecule has 2 atom stereocenters. The molecule has 1 aliphatic carbocycles. The number of amides is 2. The van der Waals surface area contributed by atoms with Crippen molar-refractivity contribution in [3.63, 3.8) is 0 Å². The Hall–Kier alpha value is -1.89. The van der Waals surface area contributed by atoms with Gasteiger partial charge < -0.3 is 4.74 Å². The number of benzene rings is 1. The molecule has 0 bridgehead atoms. The molecule has 0 unspecified atom stereocenters. The second kappa shape index (κ2) is 8.64. The Morgan fingerprint density at radius 1 is 0.893 bits per heavy atom. The second-order valence-corrected chi connectivity index (χ2v) is 8.10. The molecule has 0 N–H and O–H groups in total. The molecule has 2 aliphatic heterocycles. The van der Waals surface area contributed by atoms with Crippen LogP contribution < -0.4 is 4.74 Å². The second-order valence-electron chi connectivity index (χ2n) is 7.66. The summed E-state index contributed by atoms with van der Waals surface area (Å²) < 4.78 is 5.76. The number of nitrogens with zero attached hydrogens (tertiary/aromatic N) is 3. The lowest BCUT2D eigenvalue weighted by molar-refractivity contribution is -0.142. The van der Waals surface area contributed by atoms with Gasteiger partial charge in [-0.15, -0.1) is 0 Å². The summed E-state index contributed by atoms with van der Waals surface area (Å²) in [6.45, 7) is 5.44. The Morgan fingerprint density at radius 3 is 2.07 bits per heavy atom. The molecule has 0 spiro atoms. The lowest BCUT2D eigenvalue weighted by Gasteiger charge is -2.36. The van der Waals surface area contributed by atoms with Gasteiger partial charge in [0.25, 0.3) is 0 Å². The van der Waals surface area contributed by atoms with Crippen LogP contribution in [0.5, 0.6) is 5.75 Å². The highest BCUT2D eigenvalue weighted by molar-refractivity contribution is 6.30. The normalized spacial score (nSPS) is 26.0. The van der Waals surface area contributed by atoms with Crippen LogP contribution in [-0.4, -0.2) is 72.5 Å². The van der Waals surface area contributed by atoms with Crippen LogP contribution in [0.15, 0.2) is 36.4 Å². The van der Waals surface area contributed by atoms with Gasteiger partial charge in [0.15, 0.2) is 0 Å². The van der Waals surface area contributed by atoms with Crippen molar-refractivity contribution in [1.82, 2.24) is 14.7 Å². The third-order valence-electron chi connectivity index (χ3n) is 5.90. The molecule has 7 heteroatoms. The van der Waals surface area contributed by atoms with Crippen molar-refractivity contribution in [1.29, 1.82) is 0 Å². The van der Waals surface area contributed by atoms with Crippen LogP contribution in [0.3, 0.4) is 0 Å². The molecule has 0 aromatic heterocycles. The third-order valence-corrected chi connectivity index (χ3v) is 6.15. The fourth-order valence-corrected chi connectivity index (χ4v) is 4.31. The summed E-state index contributed by atoms with van der Waals surface area (Å²) in [6.07, 6.45) is 5.46. The van der Waals surface area contributed by atoms with E-state index in [0.717, 1.165) is 38.5 Å². The number of carbonyl (C=O) groups is 2. The monoisotopic (exact) mass is 403 g/mol. The molecule has 2 fully saturated rings. The van der Waals surface area contributed by atoms with Crippen LogP contribution in [0.2, 0.25) is 5.02 Å². The first-order chi connectivity index (χ1) is 13.6. The molecule has 1 aromatic rings. The minimum absolute atomic E-state index is 0.0122. The number of fused-ring (bicyclic) bond motifs is 1. The molecule has 2 saturated heterocycles. The molecule has 0 radical (unpaired) electrons. The summed E-state index contributed by atoms with van der Waals surface area (Å²) in [7, 11) is 0. The lowest BCUT2D eigenvalue weighted by Crippen LogP contribution is -2.51. The minimum atomic E-state index is -0.135. The van der Waals surface area contributed by atoms with Crippen LogP contribution in [0.4, 0.5) is 0 Å². The van der Waals surface area contributed by atoms with Crippen LogP contribution in [0.1, 0.15) is 12.8 Å². The molecular formula is C21H26ClN3O3. The van der Waals surface area contributed by atoms with E-state index in [-0.39, 0.29) is 23.7 Å². The molecule has 28 heavy (non-hydrogen) atoms. The summed E-state index contributed by atoms with van der Waals surface area (Å²) in [5.74, 6) is 0.578. The number of hydrogen-bond acceptors (Lipinski definition) is 5.